The second kappa shape index (κ2) is 8.49. The largest absolute Gasteiger partial charge is 0.372 e. The fourth-order valence-electron chi connectivity index (χ4n) is 3.80. The third-order valence-corrected chi connectivity index (χ3v) is 5.11. The summed E-state index contributed by atoms with van der Waals surface area (Å²) >= 11 is 0. The van der Waals surface area contributed by atoms with Crippen LogP contribution in [0.15, 0.2) is 36.4 Å². The summed E-state index contributed by atoms with van der Waals surface area (Å²) in [6.07, 6.45) is 5.13. The number of carbonyl (C=O) groups excluding carboxylic acids is 2. The molecule has 2 atom stereocenters. The number of piperidine rings is 1. The fraction of sp³-hybridized carbons (Fsp3) is 0.524. The normalized spacial score (nSPS) is 24.8. The van der Waals surface area contributed by atoms with Crippen molar-refractivity contribution in [1.29, 1.82) is 0 Å². The van der Waals surface area contributed by atoms with Crippen LogP contribution in [0.4, 0.5) is 0 Å². The molecule has 0 bridgehead atoms. The zero-order chi connectivity index (χ0) is 18.5. The molecule has 0 spiro atoms. The standard InChI is InChI=1S/C21H28N2O3/c1-16-14-23(15-17(2)26-16)21(25)19-10-12-22(13-11-19)20(24)9-8-18-6-4-3-5-7-18/h3-9,16-17,19H,10-15H2,1-2H3/b9-8+. The number of carbonyl (C=O) groups is 2. The molecular formula is C21H28N2O3. The van der Waals surface area contributed by atoms with Crippen LogP contribution in [-0.2, 0) is 14.3 Å². The Balaban J connectivity index is 1.50. The Bertz CT molecular complexity index is 640. The first-order valence-corrected chi connectivity index (χ1v) is 9.49. The number of nitrogens with zero attached hydrogens (tertiary/aromatic N) is 2. The Morgan fingerprint density at radius 2 is 1.62 bits per heavy atom. The van der Waals surface area contributed by atoms with E-state index in [2.05, 4.69) is 0 Å². The minimum absolute atomic E-state index is 0.0216. The first-order valence-electron chi connectivity index (χ1n) is 9.49. The average molecular weight is 356 g/mol. The Morgan fingerprint density at radius 1 is 1.00 bits per heavy atom. The maximum atomic E-state index is 12.8. The maximum absolute atomic E-state index is 12.8. The number of rotatable bonds is 3. The van der Waals surface area contributed by atoms with E-state index >= 15 is 0 Å². The third-order valence-electron chi connectivity index (χ3n) is 5.11. The molecule has 5 heteroatoms. The van der Waals surface area contributed by atoms with Crippen molar-refractivity contribution in [2.75, 3.05) is 26.2 Å². The van der Waals surface area contributed by atoms with Crippen molar-refractivity contribution < 1.29 is 14.3 Å². The molecule has 26 heavy (non-hydrogen) atoms. The van der Waals surface area contributed by atoms with Gasteiger partial charge in [0.1, 0.15) is 0 Å². The van der Waals surface area contributed by atoms with Crippen LogP contribution >= 0.6 is 0 Å². The molecule has 0 radical (unpaired) electrons. The van der Waals surface area contributed by atoms with Crippen LogP contribution in [0.3, 0.4) is 0 Å². The van der Waals surface area contributed by atoms with E-state index in [0.29, 0.717) is 26.2 Å². The zero-order valence-corrected chi connectivity index (χ0v) is 15.6. The van der Waals surface area contributed by atoms with E-state index in [9.17, 15) is 9.59 Å². The van der Waals surface area contributed by atoms with Crippen LogP contribution in [0, 0.1) is 5.92 Å². The Morgan fingerprint density at radius 3 is 2.23 bits per heavy atom. The molecule has 2 aliphatic rings. The highest BCUT2D eigenvalue weighted by atomic mass is 16.5. The minimum Gasteiger partial charge on any atom is -0.372 e. The lowest BCUT2D eigenvalue weighted by Crippen LogP contribution is -2.51. The molecule has 1 aromatic rings. The molecular weight excluding hydrogens is 328 g/mol. The lowest BCUT2D eigenvalue weighted by atomic mass is 9.94. The number of amides is 2. The van der Waals surface area contributed by atoms with E-state index in [1.54, 1.807) is 6.08 Å². The predicted octanol–water partition coefficient (Wildman–Crippen LogP) is 2.57. The Kier molecular flexibility index (Phi) is 6.09. The van der Waals surface area contributed by atoms with Gasteiger partial charge in [0, 0.05) is 38.2 Å². The molecule has 0 aliphatic carbocycles. The van der Waals surface area contributed by atoms with Gasteiger partial charge in [-0.05, 0) is 38.3 Å². The first-order chi connectivity index (χ1) is 12.5. The van der Waals surface area contributed by atoms with Gasteiger partial charge in [-0.25, -0.2) is 0 Å². The van der Waals surface area contributed by atoms with Gasteiger partial charge in [-0.3, -0.25) is 9.59 Å². The van der Waals surface area contributed by atoms with Crippen LogP contribution < -0.4 is 0 Å². The minimum atomic E-state index is 0.0216. The third kappa shape index (κ3) is 4.73. The summed E-state index contributed by atoms with van der Waals surface area (Å²) < 4.78 is 5.71. The van der Waals surface area contributed by atoms with Crippen molar-refractivity contribution >= 4 is 17.9 Å². The molecule has 0 aromatic heterocycles. The van der Waals surface area contributed by atoms with Crippen molar-refractivity contribution in [3.8, 4) is 0 Å². The van der Waals surface area contributed by atoms with Gasteiger partial charge in [0.2, 0.25) is 11.8 Å². The summed E-state index contributed by atoms with van der Waals surface area (Å²) in [6, 6.07) is 9.80. The van der Waals surface area contributed by atoms with Gasteiger partial charge in [0.15, 0.2) is 0 Å². The summed E-state index contributed by atoms with van der Waals surface area (Å²) in [5, 5.41) is 0. The monoisotopic (exact) mass is 356 g/mol. The Hall–Kier alpha value is -2.14. The molecule has 3 rings (SSSR count). The van der Waals surface area contributed by atoms with Crippen molar-refractivity contribution in [3.05, 3.63) is 42.0 Å². The molecule has 1 aromatic carbocycles. The fourth-order valence-corrected chi connectivity index (χ4v) is 3.80. The van der Waals surface area contributed by atoms with E-state index in [-0.39, 0.29) is 29.9 Å². The molecule has 2 amide bonds. The van der Waals surface area contributed by atoms with Crippen LogP contribution in [0.2, 0.25) is 0 Å². The number of hydrogen-bond donors (Lipinski definition) is 0. The second-order valence-electron chi connectivity index (χ2n) is 7.34. The van der Waals surface area contributed by atoms with Gasteiger partial charge in [-0.2, -0.15) is 0 Å². The number of morpholine rings is 1. The zero-order valence-electron chi connectivity index (χ0n) is 15.6. The van der Waals surface area contributed by atoms with E-state index in [1.807, 2.05) is 60.1 Å². The van der Waals surface area contributed by atoms with E-state index in [0.717, 1.165) is 18.4 Å². The highest BCUT2D eigenvalue weighted by Gasteiger charge is 2.33. The molecule has 2 aliphatic heterocycles. The molecule has 0 N–H and O–H groups in total. The van der Waals surface area contributed by atoms with Crippen LogP contribution in [0.25, 0.3) is 6.08 Å². The quantitative estimate of drug-likeness (QED) is 0.782. The highest BCUT2D eigenvalue weighted by molar-refractivity contribution is 5.92. The van der Waals surface area contributed by atoms with E-state index < -0.39 is 0 Å². The first kappa shape index (κ1) is 18.6. The van der Waals surface area contributed by atoms with Crippen molar-refractivity contribution in [3.63, 3.8) is 0 Å². The van der Waals surface area contributed by atoms with Gasteiger partial charge in [-0.15, -0.1) is 0 Å². The van der Waals surface area contributed by atoms with Gasteiger partial charge < -0.3 is 14.5 Å². The van der Waals surface area contributed by atoms with Gasteiger partial charge >= 0.3 is 0 Å². The van der Waals surface area contributed by atoms with Crippen LogP contribution in [-0.4, -0.2) is 60.0 Å². The van der Waals surface area contributed by atoms with Gasteiger partial charge in [0.05, 0.1) is 12.2 Å². The summed E-state index contributed by atoms with van der Waals surface area (Å²) in [6.45, 7) is 6.64. The summed E-state index contributed by atoms with van der Waals surface area (Å²) in [5.74, 6) is 0.266. The van der Waals surface area contributed by atoms with E-state index in [1.165, 1.54) is 0 Å². The molecule has 2 heterocycles. The average Bonchev–Trinajstić information content (AvgIpc) is 2.65. The molecule has 2 fully saturated rings. The second-order valence-corrected chi connectivity index (χ2v) is 7.34. The van der Waals surface area contributed by atoms with Crippen molar-refractivity contribution in [2.24, 2.45) is 5.92 Å². The lowest BCUT2D eigenvalue weighted by molar-refractivity contribution is -0.149. The summed E-state index contributed by atoms with van der Waals surface area (Å²) in [5.41, 5.74) is 1.02. The summed E-state index contributed by atoms with van der Waals surface area (Å²) in [4.78, 5) is 28.9. The smallest absolute Gasteiger partial charge is 0.246 e. The van der Waals surface area contributed by atoms with Crippen molar-refractivity contribution in [2.45, 2.75) is 38.9 Å². The lowest BCUT2D eigenvalue weighted by Gasteiger charge is -2.39. The summed E-state index contributed by atoms with van der Waals surface area (Å²) in [7, 11) is 0. The predicted molar refractivity (Wildman–Crippen MR) is 101 cm³/mol. The molecule has 2 unspecified atom stereocenters. The maximum Gasteiger partial charge on any atom is 0.246 e. The number of ether oxygens (including phenoxy) is 1. The van der Waals surface area contributed by atoms with Crippen LogP contribution in [0.1, 0.15) is 32.3 Å². The van der Waals surface area contributed by atoms with Gasteiger partial charge in [0.25, 0.3) is 0 Å². The van der Waals surface area contributed by atoms with E-state index in [4.69, 9.17) is 4.74 Å². The number of benzene rings is 1. The van der Waals surface area contributed by atoms with Crippen LogP contribution in [0.5, 0.6) is 0 Å². The topological polar surface area (TPSA) is 49.9 Å². The SMILES string of the molecule is CC1CN(C(=O)C2CCN(C(=O)/C=C/c3ccccc3)CC2)CC(C)O1. The molecule has 5 nitrogen and oxygen atoms in total. The Labute approximate surface area is 155 Å². The number of hydrogen-bond acceptors (Lipinski definition) is 3. The highest BCUT2D eigenvalue weighted by Crippen LogP contribution is 2.22. The molecule has 140 valence electrons. The molecule has 2 saturated heterocycles. The van der Waals surface area contributed by atoms with Gasteiger partial charge in [-0.1, -0.05) is 30.3 Å². The van der Waals surface area contributed by atoms with Crippen molar-refractivity contribution in [1.82, 2.24) is 9.80 Å². The molecule has 0 saturated carbocycles. The number of likely N-dealkylation sites (tertiary alicyclic amines) is 1.